The van der Waals surface area contributed by atoms with Gasteiger partial charge in [-0.15, -0.1) is 0 Å². The van der Waals surface area contributed by atoms with Crippen LogP contribution in [-0.4, -0.2) is 43.0 Å². The summed E-state index contributed by atoms with van der Waals surface area (Å²) in [6.45, 7) is 4.08. The van der Waals surface area contributed by atoms with Crippen LogP contribution in [0.3, 0.4) is 0 Å². The number of carbonyl (C=O) groups is 1. The van der Waals surface area contributed by atoms with Crippen molar-refractivity contribution in [3.63, 3.8) is 0 Å². The molecule has 0 fully saturated rings. The van der Waals surface area contributed by atoms with E-state index in [4.69, 9.17) is 0 Å². The molecular formula is C18H23BrN4O. The van der Waals surface area contributed by atoms with E-state index in [0.717, 1.165) is 28.0 Å². The van der Waals surface area contributed by atoms with Crippen LogP contribution < -0.4 is 10.6 Å². The second-order valence-electron chi connectivity index (χ2n) is 5.93. The molecule has 0 aliphatic heterocycles. The van der Waals surface area contributed by atoms with Gasteiger partial charge in [0.05, 0.1) is 0 Å². The first-order chi connectivity index (χ1) is 11.5. The van der Waals surface area contributed by atoms with Gasteiger partial charge in [0.2, 0.25) is 0 Å². The van der Waals surface area contributed by atoms with Crippen molar-refractivity contribution < 1.29 is 4.79 Å². The van der Waals surface area contributed by atoms with Gasteiger partial charge in [0.25, 0.3) is 5.91 Å². The molecule has 0 unspecified atom stereocenters. The molecule has 0 spiro atoms. The van der Waals surface area contributed by atoms with Gasteiger partial charge in [-0.2, -0.15) is 0 Å². The van der Waals surface area contributed by atoms with E-state index in [1.165, 1.54) is 0 Å². The molecule has 0 aliphatic rings. The molecule has 2 aromatic rings. The van der Waals surface area contributed by atoms with Gasteiger partial charge in [0.15, 0.2) is 0 Å². The zero-order valence-corrected chi connectivity index (χ0v) is 15.9. The Balaban J connectivity index is 1.96. The number of aromatic nitrogens is 1. The van der Waals surface area contributed by atoms with Gasteiger partial charge in [-0.1, -0.05) is 12.1 Å². The number of aryl methyl sites for hydroxylation is 1. The largest absolute Gasteiger partial charge is 0.366 e. The maximum atomic E-state index is 12.2. The predicted octanol–water partition coefficient (Wildman–Crippen LogP) is 3.06. The Morgan fingerprint density at radius 2 is 2.08 bits per heavy atom. The Kier molecular flexibility index (Phi) is 6.75. The smallest absolute Gasteiger partial charge is 0.251 e. The summed E-state index contributed by atoms with van der Waals surface area (Å²) >= 11 is 3.41. The summed E-state index contributed by atoms with van der Waals surface area (Å²) in [6, 6.07) is 9.66. The normalized spacial score (nSPS) is 10.7. The molecule has 128 valence electrons. The molecule has 0 aliphatic carbocycles. The third kappa shape index (κ3) is 5.62. The number of nitrogens with zero attached hydrogens (tertiary/aromatic N) is 2. The molecule has 1 heterocycles. The summed E-state index contributed by atoms with van der Waals surface area (Å²) < 4.78 is 0.960. The van der Waals surface area contributed by atoms with E-state index in [0.29, 0.717) is 18.7 Å². The second-order valence-corrected chi connectivity index (χ2v) is 6.85. The van der Waals surface area contributed by atoms with Crippen molar-refractivity contribution in [2.75, 3.05) is 32.5 Å². The quantitative estimate of drug-likeness (QED) is 0.762. The Morgan fingerprint density at radius 1 is 1.29 bits per heavy atom. The lowest BCUT2D eigenvalue weighted by molar-refractivity contribution is 0.0951. The molecule has 24 heavy (non-hydrogen) atoms. The van der Waals surface area contributed by atoms with Crippen LogP contribution in [0.25, 0.3) is 0 Å². The molecule has 0 atom stereocenters. The monoisotopic (exact) mass is 390 g/mol. The van der Waals surface area contributed by atoms with Crippen LogP contribution in [0.4, 0.5) is 5.82 Å². The van der Waals surface area contributed by atoms with Crippen LogP contribution in [0.5, 0.6) is 0 Å². The third-order valence-corrected chi connectivity index (χ3v) is 3.97. The number of pyridine rings is 1. The molecule has 5 nitrogen and oxygen atoms in total. The highest BCUT2D eigenvalue weighted by Crippen LogP contribution is 2.17. The molecule has 0 saturated heterocycles. The molecule has 6 heteroatoms. The van der Waals surface area contributed by atoms with Gasteiger partial charge in [-0.05, 0) is 66.3 Å². The molecule has 1 aromatic heterocycles. The first-order valence-electron chi connectivity index (χ1n) is 7.83. The number of benzene rings is 1. The van der Waals surface area contributed by atoms with Crippen LogP contribution in [-0.2, 0) is 6.54 Å². The third-order valence-electron chi connectivity index (χ3n) is 3.54. The van der Waals surface area contributed by atoms with E-state index < -0.39 is 0 Å². The summed E-state index contributed by atoms with van der Waals surface area (Å²) in [5.74, 6) is 0.802. The van der Waals surface area contributed by atoms with Crippen molar-refractivity contribution in [1.29, 1.82) is 0 Å². The molecule has 2 rings (SSSR count). The highest BCUT2D eigenvalue weighted by molar-refractivity contribution is 9.10. The number of hydrogen-bond acceptors (Lipinski definition) is 4. The van der Waals surface area contributed by atoms with E-state index in [2.05, 4.69) is 31.5 Å². The zero-order chi connectivity index (χ0) is 17.5. The predicted molar refractivity (Wildman–Crippen MR) is 101 cm³/mol. The van der Waals surface area contributed by atoms with Crippen molar-refractivity contribution >= 4 is 27.7 Å². The topological polar surface area (TPSA) is 57.3 Å². The fraction of sp³-hybridized carbons (Fsp3) is 0.333. The van der Waals surface area contributed by atoms with Crippen molar-refractivity contribution in [3.05, 3.63) is 57.7 Å². The number of amides is 1. The van der Waals surface area contributed by atoms with Gasteiger partial charge in [0, 0.05) is 35.9 Å². The standard InChI is InChI=1S/C18H23BrN4O/c1-13-9-16(19)12-22-17(13)21-11-14-5-4-6-15(10-14)18(24)20-7-8-23(2)3/h4-6,9-10,12H,7-8,11H2,1-3H3,(H,20,24)(H,21,22). The lowest BCUT2D eigenvalue weighted by atomic mass is 10.1. The second kappa shape index (κ2) is 8.80. The Labute approximate surface area is 151 Å². The van der Waals surface area contributed by atoms with Crippen LogP contribution in [0.15, 0.2) is 41.0 Å². The number of halogens is 1. The minimum Gasteiger partial charge on any atom is -0.366 e. The number of rotatable bonds is 7. The lowest BCUT2D eigenvalue weighted by Crippen LogP contribution is -2.31. The van der Waals surface area contributed by atoms with Gasteiger partial charge in [-0.25, -0.2) is 4.98 Å². The fourth-order valence-electron chi connectivity index (χ4n) is 2.23. The van der Waals surface area contributed by atoms with E-state index in [9.17, 15) is 4.79 Å². The molecule has 1 amide bonds. The van der Waals surface area contributed by atoms with Crippen LogP contribution in [0.1, 0.15) is 21.5 Å². The van der Waals surface area contributed by atoms with Crippen LogP contribution >= 0.6 is 15.9 Å². The SMILES string of the molecule is Cc1cc(Br)cnc1NCc1cccc(C(=O)NCCN(C)C)c1. The van der Waals surface area contributed by atoms with Crippen molar-refractivity contribution in [2.24, 2.45) is 0 Å². The minimum atomic E-state index is -0.0448. The van der Waals surface area contributed by atoms with E-state index >= 15 is 0 Å². The molecule has 0 bridgehead atoms. The molecule has 1 aromatic carbocycles. The summed E-state index contributed by atoms with van der Waals surface area (Å²) in [5, 5.41) is 6.24. The Bertz CT molecular complexity index is 703. The zero-order valence-electron chi connectivity index (χ0n) is 14.3. The Hall–Kier alpha value is -1.92. The van der Waals surface area contributed by atoms with Gasteiger partial charge in [-0.3, -0.25) is 4.79 Å². The number of hydrogen-bond donors (Lipinski definition) is 2. The molecule has 2 N–H and O–H groups in total. The summed E-state index contributed by atoms with van der Waals surface area (Å²) in [6.07, 6.45) is 1.77. The first-order valence-corrected chi connectivity index (χ1v) is 8.63. The van der Waals surface area contributed by atoms with Gasteiger partial charge in [0.1, 0.15) is 5.82 Å². The average Bonchev–Trinajstić information content (AvgIpc) is 2.54. The van der Waals surface area contributed by atoms with Crippen molar-refractivity contribution in [3.8, 4) is 0 Å². The van der Waals surface area contributed by atoms with Crippen molar-refractivity contribution in [2.45, 2.75) is 13.5 Å². The summed E-state index contributed by atoms with van der Waals surface area (Å²) in [5.41, 5.74) is 2.79. The van der Waals surface area contributed by atoms with Crippen molar-refractivity contribution in [1.82, 2.24) is 15.2 Å². The summed E-state index contributed by atoms with van der Waals surface area (Å²) in [7, 11) is 3.97. The number of carbonyl (C=O) groups excluding carboxylic acids is 1. The van der Waals surface area contributed by atoms with Crippen LogP contribution in [0.2, 0.25) is 0 Å². The maximum Gasteiger partial charge on any atom is 0.251 e. The number of likely N-dealkylation sites (N-methyl/N-ethyl adjacent to an activating group) is 1. The molecule has 0 saturated carbocycles. The summed E-state index contributed by atoms with van der Waals surface area (Å²) in [4.78, 5) is 18.6. The lowest BCUT2D eigenvalue weighted by Gasteiger charge is -2.12. The maximum absolute atomic E-state index is 12.2. The van der Waals surface area contributed by atoms with E-state index in [1.54, 1.807) is 6.20 Å². The molecule has 0 radical (unpaired) electrons. The van der Waals surface area contributed by atoms with E-state index in [-0.39, 0.29) is 5.91 Å². The number of anilines is 1. The minimum absolute atomic E-state index is 0.0448. The Morgan fingerprint density at radius 3 is 2.79 bits per heavy atom. The van der Waals surface area contributed by atoms with Crippen LogP contribution in [0, 0.1) is 6.92 Å². The highest BCUT2D eigenvalue weighted by Gasteiger charge is 2.06. The highest BCUT2D eigenvalue weighted by atomic mass is 79.9. The number of nitrogens with one attached hydrogen (secondary N) is 2. The first kappa shape index (κ1) is 18.4. The van der Waals surface area contributed by atoms with Gasteiger partial charge < -0.3 is 15.5 Å². The molecular weight excluding hydrogens is 368 g/mol. The van der Waals surface area contributed by atoms with E-state index in [1.807, 2.05) is 56.3 Å². The van der Waals surface area contributed by atoms with Gasteiger partial charge >= 0.3 is 0 Å². The fourth-order valence-corrected chi connectivity index (χ4v) is 2.67. The average molecular weight is 391 g/mol.